The molecule has 0 aromatic heterocycles. The molecule has 3 atom stereocenters. The van der Waals surface area contributed by atoms with Gasteiger partial charge in [-0.1, -0.05) is 55.8 Å². The van der Waals surface area contributed by atoms with Crippen molar-refractivity contribution in [1.82, 2.24) is 21.3 Å². The van der Waals surface area contributed by atoms with E-state index < -0.39 is 43.6 Å². The Bertz CT molecular complexity index is 1000. The lowest BCUT2D eigenvalue weighted by Gasteiger charge is -2.32. The van der Waals surface area contributed by atoms with Gasteiger partial charge < -0.3 is 40.2 Å². The Kier molecular flexibility index (Phi) is 14.8. The van der Waals surface area contributed by atoms with Gasteiger partial charge in [0.05, 0.1) is 19.3 Å². The molecule has 40 heavy (non-hydrogen) atoms. The van der Waals surface area contributed by atoms with E-state index in [9.17, 15) is 24.1 Å². The molecule has 1 aliphatic rings. The van der Waals surface area contributed by atoms with Gasteiger partial charge in [0.15, 0.2) is 5.85 Å². The molecule has 0 aliphatic heterocycles. The van der Waals surface area contributed by atoms with Crippen molar-refractivity contribution < 1.29 is 37.8 Å². The molecule has 0 spiro atoms. The van der Waals surface area contributed by atoms with E-state index in [-0.39, 0.29) is 32.3 Å². The van der Waals surface area contributed by atoms with Crippen LogP contribution in [0.3, 0.4) is 0 Å². The molecule has 5 N–H and O–H groups in total. The normalized spacial score (nSPS) is 16.3. The third-order valence-corrected chi connectivity index (χ3v) is 8.98. The van der Waals surface area contributed by atoms with Gasteiger partial charge in [-0.15, -0.1) is 0 Å². The van der Waals surface area contributed by atoms with E-state index in [4.69, 9.17) is 25.4 Å². The fourth-order valence-electron chi connectivity index (χ4n) is 4.52. The summed E-state index contributed by atoms with van der Waals surface area (Å²) in [5, 5.41) is 21.7. The highest BCUT2D eigenvalue weighted by molar-refractivity contribution is 7.54. The van der Waals surface area contributed by atoms with Crippen LogP contribution in [-0.4, -0.2) is 67.9 Å². The summed E-state index contributed by atoms with van der Waals surface area (Å²) in [7, 11) is -2.68. The van der Waals surface area contributed by atoms with Crippen molar-refractivity contribution >= 4 is 37.2 Å². The van der Waals surface area contributed by atoms with Gasteiger partial charge >= 0.3 is 19.7 Å². The van der Waals surface area contributed by atoms with Crippen molar-refractivity contribution in [3.8, 4) is 0 Å². The highest BCUT2D eigenvalue weighted by Gasteiger charge is 2.42. The predicted octanol–water partition coefficient (Wildman–Crippen LogP) is 3.90. The minimum Gasteiger partial charge on any atom is -0.445 e. The quantitative estimate of drug-likeness (QED) is 0.188. The first-order chi connectivity index (χ1) is 19.1. The van der Waals surface area contributed by atoms with Crippen LogP contribution in [0.5, 0.6) is 0 Å². The molecule has 2 unspecified atom stereocenters. The summed E-state index contributed by atoms with van der Waals surface area (Å²) in [6.45, 7) is 2.83. The maximum absolute atomic E-state index is 13.5. The summed E-state index contributed by atoms with van der Waals surface area (Å²) in [5.74, 6) is -2.23. The maximum Gasteiger partial charge on any atom is 0.408 e. The Balaban J connectivity index is 2.20. The summed E-state index contributed by atoms with van der Waals surface area (Å²) in [6, 6.07) is 4.02. The lowest BCUT2D eigenvalue weighted by molar-refractivity contribution is -0.124. The molecule has 4 amide bonds. The largest absolute Gasteiger partial charge is 0.445 e. The van der Waals surface area contributed by atoms with Crippen LogP contribution in [0, 0.1) is 5.92 Å². The number of amides is 4. The number of ether oxygens (including phenoxy) is 1. The third kappa shape index (κ3) is 11.2. The average molecular weight is 605 g/mol. The van der Waals surface area contributed by atoms with Crippen molar-refractivity contribution in [3.63, 3.8) is 0 Å². The van der Waals surface area contributed by atoms with Crippen molar-refractivity contribution in [2.45, 2.75) is 76.9 Å². The lowest BCUT2D eigenvalue weighted by atomic mass is 9.84. The number of hydrogen-bond acceptors (Lipinski definition) is 8. The van der Waals surface area contributed by atoms with E-state index in [0.717, 1.165) is 32.1 Å². The van der Waals surface area contributed by atoms with Gasteiger partial charge in [0.1, 0.15) is 12.6 Å². The number of rotatable bonds is 15. The maximum atomic E-state index is 13.5. The van der Waals surface area contributed by atoms with Crippen LogP contribution in [0.1, 0.15) is 57.9 Å². The van der Waals surface area contributed by atoms with Gasteiger partial charge in [0, 0.05) is 18.6 Å². The van der Waals surface area contributed by atoms with E-state index in [1.807, 2.05) is 0 Å². The van der Waals surface area contributed by atoms with Crippen LogP contribution in [-0.2, 0) is 29.8 Å². The first-order valence-corrected chi connectivity index (χ1v) is 15.6. The van der Waals surface area contributed by atoms with E-state index in [1.54, 1.807) is 38.1 Å². The van der Waals surface area contributed by atoms with Gasteiger partial charge in [-0.2, -0.15) is 0 Å². The zero-order valence-electron chi connectivity index (χ0n) is 23.3. The summed E-state index contributed by atoms with van der Waals surface area (Å²) in [4.78, 5) is 38.1. The van der Waals surface area contributed by atoms with Crippen LogP contribution in [0.25, 0.3) is 0 Å². The summed E-state index contributed by atoms with van der Waals surface area (Å²) in [6.07, 6.45) is 4.55. The van der Waals surface area contributed by atoms with Gasteiger partial charge in [-0.3, -0.25) is 9.36 Å². The average Bonchev–Trinajstić information content (AvgIpc) is 2.94. The number of urea groups is 1. The molecular weight excluding hydrogens is 563 g/mol. The second kappa shape index (κ2) is 17.4. The standard InChI is InChI=1S/C26H42ClN4O8P/c1-4-38-40(36,39-5-2)24(33)22(16-29-25(34)28-3)30-23(32)21(15-18-10-7-6-8-11-18)31-26(35)37-17-19-12-9-13-20(27)14-19/h9,12-14,18,21-22,24,33H,4-8,10-11,15-17H2,1-3H3,(H,30,32)(H,31,35)(H2,28,29,34)/t21-,22?,24?/m0/s1. The molecular formula is C26H42ClN4O8P. The molecule has 1 aromatic carbocycles. The molecule has 14 heteroatoms. The fourth-order valence-corrected chi connectivity index (χ4v) is 6.46. The third-order valence-electron chi connectivity index (χ3n) is 6.50. The highest BCUT2D eigenvalue weighted by Crippen LogP contribution is 2.53. The van der Waals surface area contributed by atoms with Gasteiger partial charge in [0.2, 0.25) is 5.91 Å². The molecule has 12 nitrogen and oxygen atoms in total. The van der Waals surface area contributed by atoms with Crippen LogP contribution < -0.4 is 21.3 Å². The van der Waals surface area contributed by atoms with Crippen LogP contribution in [0.15, 0.2) is 24.3 Å². The van der Waals surface area contributed by atoms with Crippen molar-refractivity contribution in [3.05, 3.63) is 34.9 Å². The number of aliphatic hydroxyl groups excluding tert-OH is 1. The molecule has 1 saturated carbocycles. The van der Waals surface area contributed by atoms with E-state index in [0.29, 0.717) is 17.0 Å². The summed E-state index contributed by atoms with van der Waals surface area (Å²) in [5.41, 5.74) is 0.682. The zero-order chi connectivity index (χ0) is 29.5. The smallest absolute Gasteiger partial charge is 0.408 e. The number of hydrogen-bond donors (Lipinski definition) is 5. The Labute approximate surface area is 240 Å². The zero-order valence-corrected chi connectivity index (χ0v) is 25.0. The first kappa shape index (κ1) is 33.8. The molecule has 2 rings (SSSR count). The number of aliphatic hydroxyl groups is 1. The van der Waals surface area contributed by atoms with E-state index >= 15 is 0 Å². The molecule has 0 radical (unpaired) electrons. The lowest BCUT2D eigenvalue weighted by Crippen LogP contribution is -2.56. The SMILES string of the molecule is CCOP(=O)(OCC)C(O)C(CNC(=O)NC)NC(=O)[C@H](CC1CCCCC1)NC(=O)OCc1cccc(Cl)c1. The molecule has 1 aliphatic carbocycles. The Morgan fingerprint density at radius 2 is 1.77 bits per heavy atom. The molecule has 0 heterocycles. The van der Waals surface area contributed by atoms with Gasteiger partial charge in [-0.25, -0.2) is 9.59 Å². The number of halogens is 1. The topological polar surface area (TPSA) is 164 Å². The van der Waals surface area contributed by atoms with Gasteiger partial charge in [-0.05, 0) is 43.9 Å². The number of benzene rings is 1. The first-order valence-electron chi connectivity index (χ1n) is 13.6. The van der Waals surface area contributed by atoms with Gasteiger partial charge in [0.25, 0.3) is 0 Å². The predicted molar refractivity (Wildman–Crippen MR) is 151 cm³/mol. The molecule has 1 aromatic rings. The summed E-state index contributed by atoms with van der Waals surface area (Å²) >= 11 is 6.00. The molecule has 226 valence electrons. The minimum atomic E-state index is -4.09. The van der Waals surface area contributed by atoms with E-state index in [1.165, 1.54) is 7.05 Å². The highest BCUT2D eigenvalue weighted by atomic mass is 35.5. The van der Waals surface area contributed by atoms with Crippen molar-refractivity contribution in [1.29, 1.82) is 0 Å². The Morgan fingerprint density at radius 1 is 1.10 bits per heavy atom. The summed E-state index contributed by atoms with van der Waals surface area (Å²) < 4.78 is 29.1. The molecule has 0 bridgehead atoms. The van der Waals surface area contributed by atoms with Crippen LogP contribution >= 0.6 is 19.2 Å². The minimum absolute atomic E-state index is 0.0117. The second-order valence-corrected chi connectivity index (χ2v) is 12.1. The monoisotopic (exact) mass is 604 g/mol. The number of carbonyl (C=O) groups excluding carboxylic acids is 3. The van der Waals surface area contributed by atoms with Crippen molar-refractivity contribution in [2.75, 3.05) is 26.8 Å². The number of carbonyl (C=O) groups is 3. The van der Waals surface area contributed by atoms with Crippen LogP contribution in [0.4, 0.5) is 9.59 Å². The Hall–Kier alpha value is -2.37. The number of alkyl carbamates (subject to hydrolysis) is 1. The number of nitrogens with one attached hydrogen (secondary N) is 4. The van der Waals surface area contributed by atoms with Crippen molar-refractivity contribution in [2.24, 2.45) is 5.92 Å². The molecule has 0 saturated heterocycles. The fraction of sp³-hybridized carbons (Fsp3) is 0.654. The van der Waals surface area contributed by atoms with E-state index in [2.05, 4.69) is 21.3 Å². The van der Waals surface area contributed by atoms with Crippen LogP contribution in [0.2, 0.25) is 5.02 Å². The second-order valence-electron chi connectivity index (χ2n) is 9.51. The Morgan fingerprint density at radius 3 is 2.38 bits per heavy atom. The molecule has 1 fully saturated rings.